The number of nitrogens with zero attached hydrogens (tertiary/aromatic N) is 1. The SMILES string of the molecule is CC1=C(C(=O)OCc2ccccc2)C(c2cccc([N+](=O)[O-])c2)CC(=O)N1. The van der Waals surface area contributed by atoms with Gasteiger partial charge in [-0.2, -0.15) is 0 Å². The van der Waals surface area contributed by atoms with Crippen molar-refractivity contribution in [2.24, 2.45) is 0 Å². The van der Waals surface area contributed by atoms with E-state index in [0.717, 1.165) is 5.56 Å². The maximum atomic E-state index is 12.7. The molecule has 27 heavy (non-hydrogen) atoms. The van der Waals surface area contributed by atoms with Gasteiger partial charge in [0.2, 0.25) is 5.91 Å². The summed E-state index contributed by atoms with van der Waals surface area (Å²) in [5.41, 5.74) is 2.00. The van der Waals surface area contributed by atoms with E-state index in [2.05, 4.69) is 5.32 Å². The molecule has 1 heterocycles. The van der Waals surface area contributed by atoms with Crippen molar-refractivity contribution in [1.29, 1.82) is 0 Å². The van der Waals surface area contributed by atoms with Gasteiger partial charge >= 0.3 is 5.97 Å². The number of hydrogen-bond donors (Lipinski definition) is 1. The van der Waals surface area contributed by atoms with E-state index in [1.807, 2.05) is 30.3 Å². The van der Waals surface area contributed by atoms with E-state index in [0.29, 0.717) is 16.8 Å². The second-order valence-electron chi connectivity index (χ2n) is 6.26. The molecule has 0 saturated heterocycles. The average Bonchev–Trinajstić information content (AvgIpc) is 2.66. The fraction of sp³-hybridized carbons (Fsp3) is 0.200. The second kappa shape index (κ2) is 7.82. The minimum absolute atomic E-state index is 0.0221. The summed E-state index contributed by atoms with van der Waals surface area (Å²) in [6, 6.07) is 15.2. The van der Waals surface area contributed by atoms with Gasteiger partial charge in [-0.15, -0.1) is 0 Å². The van der Waals surface area contributed by atoms with Gasteiger partial charge in [-0.1, -0.05) is 42.5 Å². The van der Waals surface area contributed by atoms with Crippen LogP contribution in [0.15, 0.2) is 65.9 Å². The summed E-state index contributed by atoms with van der Waals surface area (Å²) in [6.45, 7) is 1.73. The van der Waals surface area contributed by atoms with Gasteiger partial charge in [0.15, 0.2) is 0 Å². The highest BCUT2D eigenvalue weighted by Gasteiger charge is 2.33. The summed E-state index contributed by atoms with van der Waals surface area (Å²) in [4.78, 5) is 35.3. The largest absolute Gasteiger partial charge is 0.457 e. The monoisotopic (exact) mass is 366 g/mol. The highest BCUT2D eigenvalue weighted by molar-refractivity contribution is 5.95. The van der Waals surface area contributed by atoms with E-state index < -0.39 is 16.8 Å². The molecule has 0 aliphatic carbocycles. The van der Waals surface area contributed by atoms with E-state index in [4.69, 9.17) is 4.74 Å². The van der Waals surface area contributed by atoms with Crippen LogP contribution in [-0.2, 0) is 20.9 Å². The van der Waals surface area contributed by atoms with Crippen LogP contribution in [-0.4, -0.2) is 16.8 Å². The predicted molar refractivity (Wildman–Crippen MR) is 97.5 cm³/mol. The zero-order chi connectivity index (χ0) is 19.4. The molecule has 7 heteroatoms. The minimum Gasteiger partial charge on any atom is -0.457 e. The first kappa shape index (κ1) is 18.3. The zero-order valence-corrected chi connectivity index (χ0v) is 14.7. The van der Waals surface area contributed by atoms with Gasteiger partial charge in [0.05, 0.1) is 10.5 Å². The maximum Gasteiger partial charge on any atom is 0.336 e. The minimum atomic E-state index is -0.595. The molecule has 1 atom stereocenters. The third kappa shape index (κ3) is 4.20. The van der Waals surface area contributed by atoms with Gasteiger partial charge < -0.3 is 10.1 Å². The lowest BCUT2D eigenvalue weighted by molar-refractivity contribution is -0.384. The third-order valence-electron chi connectivity index (χ3n) is 4.38. The van der Waals surface area contributed by atoms with Crippen LogP contribution in [0.1, 0.15) is 30.4 Å². The molecule has 0 bridgehead atoms. The number of nitro benzene ring substituents is 1. The molecule has 0 aromatic heterocycles. The Balaban J connectivity index is 1.88. The van der Waals surface area contributed by atoms with Crippen LogP contribution in [0.4, 0.5) is 5.69 Å². The summed E-state index contributed by atoms with van der Waals surface area (Å²) < 4.78 is 5.42. The summed E-state index contributed by atoms with van der Waals surface area (Å²) in [7, 11) is 0. The molecule has 2 aromatic carbocycles. The van der Waals surface area contributed by atoms with Crippen molar-refractivity contribution in [2.45, 2.75) is 25.9 Å². The van der Waals surface area contributed by atoms with E-state index >= 15 is 0 Å². The Labute approximate surface area is 155 Å². The number of amides is 1. The topological polar surface area (TPSA) is 98.5 Å². The Bertz CT molecular complexity index is 921. The number of allylic oxidation sites excluding steroid dienone is 1. The summed E-state index contributed by atoms with van der Waals surface area (Å²) >= 11 is 0. The first-order valence-electron chi connectivity index (χ1n) is 8.41. The Kier molecular flexibility index (Phi) is 5.30. The molecule has 7 nitrogen and oxygen atoms in total. The van der Waals surface area contributed by atoms with Crippen molar-refractivity contribution in [1.82, 2.24) is 5.32 Å². The molecule has 2 aromatic rings. The number of nitrogens with one attached hydrogen (secondary N) is 1. The van der Waals surface area contributed by atoms with Crippen LogP contribution < -0.4 is 5.32 Å². The second-order valence-corrected chi connectivity index (χ2v) is 6.26. The predicted octanol–water partition coefficient (Wildman–Crippen LogP) is 3.22. The van der Waals surface area contributed by atoms with Gasteiger partial charge in [-0.3, -0.25) is 14.9 Å². The molecule has 1 amide bonds. The Morgan fingerprint density at radius 1 is 1.22 bits per heavy atom. The first-order chi connectivity index (χ1) is 13.0. The van der Waals surface area contributed by atoms with Crippen LogP contribution in [0.25, 0.3) is 0 Å². The number of ether oxygens (including phenoxy) is 1. The van der Waals surface area contributed by atoms with Crippen LogP contribution in [0.5, 0.6) is 0 Å². The van der Waals surface area contributed by atoms with Crippen LogP contribution in [0.2, 0.25) is 0 Å². The molecule has 1 aliphatic heterocycles. The zero-order valence-electron chi connectivity index (χ0n) is 14.7. The lowest BCUT2D eigenvalue weighted by atomic mass is 9.84. The van der Waals surface area contributed by atoms with Gasteiger partial charge in [0.25, 0.3) is 5.69 Å². The molecule has 0 saturated carbocycles. The third-order valence-corrected chi connectivity index (χ3v) is 4.38. The van der Waals surface area contributed by atoms with E-state index in [-0.39, 0.29) is 24.6 Å². The number of esters is 1. The van der Waals surface area contributed by atoms with Crippen LogP contribution >= 0.6 is 0 Å². The van der Waals surface area contributed by atoms with Crippen LogP contribution in [0.3, 0.4) is 0 Å². The smallest absolute Gasteiger partial charge is 0.336 e. The molecule has 0 radical (unpaired) electrons. The fourth-order valence-corrected chi connectivity index (χ4v) is 3.11. The molecule has 0 fully saturated rings. The molecule has 1 N–H and O–H groups in total. The quantitative estimate of drug-likeness (QED) is 0.498. The fourth-order valence-electron chi connectivity index (χ4n) is 3.11. The van der Waals surface area contributed by atoms with Crippen molar-refractivity contribution in [3.05, 3.63) is 87.1 Å². The highest BCUT2D eigenvalue weighted by atomic mass is 16.6. The molecule has 138 valence electrons. The number of carbonyl (C=O) groups excluding carboxylic acids is 2. The summed E-state index contributed by atoms with van der Waals surface area (Å²) in [5.74, 6) is -1.39. The number of rotatable bonds is 5. The number of carbonyl (C=O) groups is 2. The Morgan fingerprint density at radius 2 is 1.96 bits per heavy atom. The molecule has 1 unspecified atom stereocenters. The Morgan fingerprint density at radius 3 is 2.67 bits per heavy atom. The van der Waals surface area contributed by atoms with Gasteiger partial charge in [0, 0.05) is 30.2 Å². The van der Waals surface area contributed by atoms with Crippen molar-refractivity contribution in [2.75, 3.05) is 0 Å². The summed E-state index contributed by atoms with van der Waals surface area (Å²) in [6.07, 6.45) is 0.0221. The van der Waals surface area contributed by atoms with Crippen molar-refractivity contribution >= 4 is 17.6 Å². The highest BCUT2D eigenvalue weighted by Crippen LogP contribution is 2.35. The maximum absolute atomic E-state index is 12.7. The van der Waals surface area contributed by atoms with Gasteiger partial charge in [0.1, 0.15) is 6.61 Å². The van der Waals surface area contributed by atoms with Gasteiger partial charge in [-0.25, -0.2) is 4.79 Å². The average molecular weight is 366 g/mol. The normalized spacial score (nSPS) is 16.6. The van der Waals surface area contributed by atoms with E-state index in [1.165, 1.54) is 12.1 Å². The summed E-state index contributed by atoms with van der Waals surface area (Å²) in [5, 5.41) is 13.7. The van der Waals surface area contributed by atoms with Crippen molar-refractivity contribution in [3.63, 3.8) is 0 Å². The molecular weight excluding hydrogens is 348 g/mol. The Hall–Kier alpha value is -3.48. The first-order valence-corrected chi connectivity index (χ1v) is 8.41. The van der Waals surface area contributed by atoms with Crippen LogP contribution in [0, 0.1) is 10.1 Å². The molecular formula is C20H18N2O5. The molecule has 3 rings (SSSR count). The van der Waals surface area contributed by atoms with E-state index in [1.54, 1.807) is 19.1 Å². The number of non-ortho nitro benzene ring substituents is 1. The molecule has 1 aliphatic rings. The van der Waals surface area contributed by atoms with E-state index in [9.17, 15) is 19.7 Å². The van der Waals surface area contributed by atoms with Gasteiger partial charge in [-0.05, 0) is 18.1 Å². The van der Waals surface area contributed by atoms with Crippen molar-refractivity contribution in [3.8, 4) is 0 Å². The lowest BCUT2D eigenvalue weighted by Crippen LogP contribution is -2.34. The lowest BCUT2D eigenvalue weighted by Gasteiger charge is -2.26. The van der Waals surface area contributed by atoms with Crippen molar-refractivity contribution < 1.29 is 19.2 Å². The number of nitro groups is 1. The number of hydrogen-bond acceptors (Lipinski definition) is 5. The standard InChI is InChI=1S/C20H18N2O5/c1-13-19(20(24)27-12-14-6-3-2-4-7-14)17(11-18(23)21-13)15-8-5-9-16(10-15)22(25)26/h2-10,17H,11-12H2,1H3,(H,21,23). The number of benzene rings is 2. The molecule has 0 spiro atoms.